The van der Waals surface area contributed by atoms with Gasteiger partial charge in [0.15, 0.2) is 0 Å². The van der Waals surface area contributed by atoms with E-state index in [9.17, 15) is 4.79 Å². The maximum absolute atomic E-state index is 12.2. The highest BCUT2D eigenvalue weighted by molar-refractivity contribution is 5.77. The predicted octanol–water partition coefficient (Wildman–Crippen LogP) is 3.02. The van der Waals surface area contributed by atoms with Crippen LogP contribution in [0, 0.1) is 11.8 Å². The molecule has 1 unspecified atom stereocenters. The van der Waals surface area contributed by atoms with Crippen LogP contribution in [0.5, 0.6) is 0 Å². The first-order valence-corrected chi connectivity index (χ1v) is 7.53. The molecule has 2 fully saturated rings. The second-order valence-corrected chi connectivity index (χ2v) is 6.28. The molecule has 2 bridgehead atoms. The van der Waals surface area contributed by atoms with E-state index in [4.69, 9.17) is 4.74 Å². The summed E-state index contributed by atoms with van der Waals surface area (Å²) >= 11 is 0. The van der Waals surface area contributed by atoms with Gasteiger partial charge >= 0.3 is 5.97 Å². The molecule has 1 heterocycles. The largest absolute Gasteiger partial charge is 0.468 e. The van der Waals surface area contributed by atoms with E-state index in [-0.39, 0.29) is 18.1 Å². The van der Waals surface area contributed by atoms with Gasteiger partial charge in [-0.2, -0.15) is 0 Å². The summed E-state index contributed by atoms with van der Waals surface area (Å²) in [5.74, 6) is 1.08. The molecule has 0 spiro atoms. The molecule has 108 valence electrons. The minimum absolute atomic E-state index is 0.0589. The first-order chi connectivity index (χ1) is 9.63. The lowest BCUT2D eigenvalue weighted by molar-refractivity contribution is -0.150. The maximum Gasteiger partial charge on any atom is 0.323 e. The number of piperidine rings is 1. The highest BCUT2D eigenvalue weighted by atomic mass is 16.5. The Labute approximate surface area is 120 Å². The molecule has 3 heteroatoms. The van der Waals surface area contributed by atoms with Crippen molar-refractivity contribution < 1.29 is 9.53 Å². The van der Waals surface area contributed by atoms with Gasteiger partial charge in [0, 0.05) is 12.1 Å². The second-order valence-electron chi connectivity index (χ2n) is 6.28. The number of methoxy groups -OCH3 is 1. The summed E-state index contributed by atoms with van der Waals surface area (Å²) in [5.41, 5.74) is 1.28. The topological polar surface area (TPSA) is 29.5 Å². The lowest BCUT2D eigenvalue weighted by atomic mass is 9.91. The van der Waals surface area contributed by atoms with E-state index in [1.807, 2.05) is 6.07 Å². The molecule has 1 saturated heterocycles. The average molecular weight is 273 g/mol. The normalized spacial score (nSPS) is 34.1. The number of fused-ring (bicyclic) bond motifs is 2. The van der Waals surface area contributed by atoms with Crippen LogP contribution >= 0.6 is 0 Å². The van der Waals surface area contributed by atoms with Crippen LogP contribution in [-0.4, -0.2) is 30.1 Å². The summed E-state index contributed by atoms with van der Waals surface area (Å²) in [7, 11) is 1.50. The highest BCUT2D eigenvalue weighted by Crippen LogP contribution is 2.49. The predicted molar refractivity (Wildman–Crippen MR) is 78.2 cm³/mol. The number of nitrogens with zero attached hydrogens (tertiary/aromatic N) is 1. The van der Waals surface area contributed by atoms with Crippen molar-refractivity contribution in [3.63, 3.8) is 0 Å². The van der Waals surface area contributed by atoms with Gasteiger partial charge in [0.05, 0.1) is 7.11 Å². The average Bonchev–Trinajstić information content (AvgIpc) is 3.03. The molecule has 1 saturated carbocycles. The van der Waals surface area contributed by atoms with Gasteiger partial charge in [-0.3, -0.25) is 9.69 Å². The van der Waals surface area contributed by atoms with Crippen molar-refractivity contribution >= 4 is 5.97 Å². The first-order valence-electron chi connectivity index (χ1n) is 7.53. The number of likely N-dealkylation sites (tertiary alicyclic amines) is 1. The highest BCUT2D eigenvalue weighted by Gasteiger charge is 2.54. The summed E-state index contributed by atoms with van der Waals surface area (Å²) < 4.78 is 5.06. The molecule has 3 nitrogen and oxygen atoms in total. The van der Waals surface area contributed by atoms with Crippen LogP contribution in [0.1, 0.15) is 38.3 Å². The van der Waals surface area contributed by atoms with Crippen molar-refractivity contribution in [1.82, 2.24) is 4.90 Å². The third-order valence-electron chi connectivity index (χ3n) is 5.20. The van der Waals surface area contributed by atoms with E-state index >= 15 is 0 Å². The molecule has 2 aliphatic rings. The Morgan fingerprint density at radius 2 is 2.00 bits per heavy atom. The molecular formula is C17H23NO2. The van der Waals surface area contributed by atoms with E-state index in [2.05, 4.69) is 43.0 Å². The molecule has 1 aromatic carbocycles. The monoisotopic (exact) mass is 273 g/mol. The zero-order valence-electron chi connectivity index (χ0n) is 12.5. The lowest BCUT2D eigenvalue weighted by Gasteiger charge is -2.40. The van der Waals surface area contributed by atoms with Gasteiger partial charge in [0.1, 0.15) is 6.04 Å². The molecule has 0 aromatic heterocycles. The maximum atomic E-state index is 12.2. The van der Waals surface area contributed by atoms with Crippen molar-refractivity contribution in [2.45, 2.75) is 44.8 Å². The molecule has 0 radical (unpaired) electrons. The van der Waals surface area contributed by atoms with Crippen LogP contribution in [-0.2, 0) is 9.53 Å². The van der Waals surface area contributed by atoms with Gasteiger partial charge in [-0.05, 0) is 37.2 Å². The first kappa shape index (κ1) is 13.6. The van der Waals surface area contributed by atoms with E-state index in [0.717, 1.165) is 12.8 Å². The third kappa shape index (κ3) is 2.05. The Hall–Kier alpha value is -1.35. The van der Waals surface area contributed by atoms with E-state index in [0.29, 0.717) is 17.9 Å². The zero-order valence-corrected chi connectivity index (χ0v) is 12.5. The fourth-order valence-electron chi connectivity index (χ4n) is 4.26. The minimum atomic E-state index is -0.0628. The fourth-order valence-corrected chi connectivity index (χ4v) is 4.26. The van der Waals surface area contributed by atoms with Crippen molar-refractivity contribution in [2.24, 2.45) is 11.8 Å². The van der Waals surface area contributed by atoms with Crippen LogP contribution in [0.25, 0.3) is 0 Å². The van der Waals surface area contributed by atoms with Crippen molar-refractivity contribution in [1.29, 1.82) is 0 Å². The molecule has 1 aliphatic heterocycles. The standard InChI is InChI=1S/C17H23NO2/c1-11-9-14-10-15(11)18(16(14)17(19)20-3)12(2)13-7-5-4-6-8-13/h4-8,11-12,14-16H,9-10H2,1-3H3/t11?,12-,14+,15+,16+/m1/s1. The van der Waals surface area contributed by atoms with Gasteiger partial charge < -0.3 is 4.74 Å². The quantitative estimate of drug-likeness (QED) is 0.793. The van der Waals surface area contributed by atoms with E-state index < -0.39 is 0 Å². The molecule has 0 N–H and O–H groups in total. The Balaban J connectivity index is 1.91. The van der Waals surface area contributed by atoms with Crippen molar-refractivity contribution in [3.05, 3.63) is 35.9 Å². The number of rotatable bonds is 3. The smallest absolute Gasteiger partial charge is 0.323 e. The number of benzene rings is 1. The third-order valence-corrected chi connectivity index (χ3v) is 5.20. The number of ether oxygens (including phenoxy) is 1. The number of hydrogen-bond acceptors (Lipinski definition) is 3. The summed E-state index contributed by atoms with van der Waals surface area (Å²) in [6.45, 7) is 4.52. The van der Waals surface area contributed by atoms with Gasteiger partial charge in [0.2, 0.25) is 0 Å². The molecule has 3 rings (SSSR count). The fraction of sp³-hybridized carbons (Fsp3) is 0.588. The Morgan fingerprint density at radius 1 is 1.30 bits per heavy atom. The molecule has 5 atom stereocenters. The molecule has 1 aliphatic carbocycles. The summed E-state index contributed by atoms with van der Waals surface area (Å²) in [5, 5.41) is 0. The SMILES string of the molecule is COC(=O)[C@@H]1[C@H]2CC(C)[C@H](C2)N1[C@H](C)c1ccccc1. The molecule has 1 aromatic rings. The van der Waals surface area contributed by atoms with Crippen LogP contribution in [0.15, 0.2) is 30.3 Å². The van der Waals surface area contributed by atoms with Crippen LogP contribution < -0.4 is 0 Å². The number of esters is 1. The van der Waals surface area contributed by atoms with Crippen molar-refractivity contribution in [2.75, 3.05) is 7.11 Å². The summed E-state index contributed by atoms with van der Waals surface area (Å²) in [6.07, 6.45) is 2.29. The number of carbonyl (C=O) groups is 1. The second kappa shape index (κ2) is 5.21. The van der Waals surface area contributed by atoms with Crippen molar-refractivity contribution in [3.8, 4) is 0 Å². The van der Waals surface area contributed by atoms with Crippen LogP contribution in [0.4, 0.5) is 0 Å². The van der Waals surface area contributed by atoms with Gasteiger partial charge in [0.25, 0.3) is 0 Å². The molecule has 0 amide bonds. The summed E-state index contributed by atoms with van der Waals surface area (Å²) in [6, 6.07) is 11.2. The van der Waals surface area contributed by atoms with Gasteiger partial charge in [-0.1, -0.05) is 37.3 Å². The van der Waals surface area contributed by atoms with Crippen LogP contribution in [0.2, 0.25) is 0 Å². The van der Waals surface area contributed by atoms with Gasteiger partial charge in [-0.25, -0.2) is 0 Å². The Morgan fingerprint density at radius 3 is 2.65 bits per heavy atom. The van der Waals surface area contributed by atoms with E-state index in [1.165, 1.54) is 12.7 Å². The molecular weight excluding hydrogens is 250 g/mol. The minimum Gasteiger partial charge on any atom is -0.468 e. The Bertz CT molecular complexity index is 487. The zero-order chi connectivity index (χ0) is 14.3. The van der Waals surface area contributed by atoms with Crippen LogP contribution in [0.3, 0.4) is 0 Å². The Kier molecular flexibility index (Phi) is 3.55. The number of carbonyl (C=O) groups excluding carboxylic acids is 1. The lowest BCUT2D eigenvalue weighted by Crippen LogP contribution is -2.49. The summed E-state index contributed by atoms with van der Waals surface area (Å²) in [4.78, 5) is 14.6. The van der Waals surface area contributed by atoms with Gasteiger partial charge in [-0.15, -0.1) is 0 Å². The molecule has 20 heavy (non-hydrogen) atoms. The van der Waals surface area contributed by atoms with E-state index in [1.54, 1.807) is 0 Å². The number of hydrogen-bond donors (Lipinski definition) is 0.